The third-order valence-electron chi connectivity index (χ3n) is 4.19. The first-order valence-corrected chi connectivity index (χ1v) is 9.26. The molecule has 0 bridgehead atoms. The fraction of sp³-hybridized carbons (Fsp3) is 0.250. The normalized spacial score (nSPS) is 10.8. The SMILES string of the molecule is Cc1cccc(-c2noc(CN(C)C(=O)CCc3c(Cl)cccc3Cl)n2)c1. The van der Waals surface area contributed by atoms with Gasteiger partial charge < -0.3 is 9.42 Å². The van der Waals surface area contributed by atoms with Crippen LogP contribution < -0.4 is 0 Å². The van der Waals surface area contributed by atoms with Gasteiger partial charge in [0.2, 0.25) is 17.6 Å². The van der Waals surface area contributed by atoms with Gasteiger partial charge in [0.25, 0.3) is 0 Å². The molecule has 1 aromatic heterocycles. The zero-order chi connectivity index (χ0) is 19.4. The molecule has 1 amide bonds. The van der Waals surface area contributed by atoms with Crippen molar-refractivity contribution in [2.75, 3.05) is 7.05 Å². The quantitative estimate of drug-likeness (QED) is 0.584. The van der Waals surface area contributed by atoms with E-state index in [-0.39, 0.29) is 12.5 Å². The van der Waals surface area contributed by atoms with E-state index in [2.05, 4.69) is 10.1 Å². The molecular formula is C20H19Cl2N3O2. The predicted molar refractivity (Wildman–Crippen MR) is 106 cm³/mol. The molecule has 0 saturated carbocycles. The number of carbonyl (C=O) groups excluding carboxylic acids is 1. The smallest absolute Gasteiger partial charge is 0.246 e. The number of aryl methyl sites for hydroxylation is 1. The van der Waals surface area contributed by atoms with Gasteiger partial charge in [0.15, 0.2) is 0 Å². The second-order valence-electron chi connectivity index (χ2n) is 6.33. The zero-order valence-electron chi connectivity index (χ0n) is 15.1. The van der Waals surface area contributed by atoms with Crippen LogP contribution in [0.25, 0.3) is 11.4 Å². The lowest BCUT2D eigenvalue weighted by Crippen LogP contribution is -2.26. The number of halogens is 2. The average molecular weight is 404 g/mol. The summed E-state index contributed by atoms with van der Waals surface area (Å²) in [4.78, 5) is 18.3. The Labute approximate surface area is 167 Å². The maximum atomic E-state index is 12.4. The van der Waals surface area contributed by atoms with Crippen molar-refractivity contribution in [3.63, 3.8) is 0 Å². The van der Waals surface area contributed by atoms with Crippen molar-refractivity contribution < 1.29 is 9.32 Å². The average Bonchev–Trinajstić information content (AvgIpc) is 3.09. The van der Waals surface area contributed by atoms with Gasteiger partial charge in [-0.3, -0.25) is 4.79 Å². The first kappa shape index (κ1) is 19.4. The Hall–Kier alpha value is -2.37. The molecule has 0 unspecified atom stereocenters. The molecule has 0 aliphatic carbocycles. The third kappa shape index (κ3) is 4.87. The summed E-state index contributed by atoms with van der Waals surface area (Å²) in [5.41, 5.74) is 2.78. The Morgan fingerprint density at radius 1 is 1.15 bits per heavy atom. The minimum atomic E-state index is -0.0544. The summed E-state index contributed by atoms with van der Waals surface area (Å²) in [6, 6.07) is 13.2. The molecule has 0 aliphatic heterocycles. The van der Waals surface area contributed by atoms with Gasteiger partial charge in [0.1, 0.15) is 0 Å². The molecule has 0 N–H and O–H groups in total. The highest BCUT2D eigenvalue weighted by molar-refractivity contribution is 6.36. The van der Waals surface area contributed by atoms with Gasteiger partial charge in [-0.2, -0.15) is 4.98 Å². The molecule has 140 valence electrons. The van der Waals surface area contributed by atoms with Crippen molar-refractivity contribution in [2.45, 2.75) is 26.3 Å². The maximum Gasteiger partial charge on any atom is 0.246 e. The number of aromatic nitrogens is 2. The third-order valence-corrected chi connectivity index (χ3v) is 4.90. The van der Waals surface area contributed by atoms with E-state index in [1.165, 1.54) is 0 Å². The topological polar surface area (TPSA) is 59.2 Å². The minimum Gasteiger partial charge on any atom is -0.337 e. The van der Waals surface area contributed by atoms with Crippen LogP contribution in [0.4, 0.5) is 0 Å². The van der Waals surface area contributed by atoms with E-state index in [0.29, 0.717) is 34.6 Å². The summed E-state index contributed by atoms with van der Waals surface area (Å²) in [5, 5.41) is 5.13. The molecule has 0 radical (unpaired) electrons. The minimum absolute atomic E-state index is 0.0544. The fourth-order valence-corrected chi connectivity index (χ4v) is 3.29. The zero-order valence-corrected chi connectivity index (χ0v) is 16.6. The van der Waals surface area contributed by atoms with Gasteiger partial charge in [0, 0.05) is 29.1 Å². The van der Waals surface area contributed by atoms with Crippen LogP contribution in [0.2, 0.25) is 10.0 Å². The Bertz CT molecular complexity index is 936. The monoisotopic (exact) mass is 403 g/mol. The molecule has 0 saturated heterocycles. The summed E-state index contributed by atoms with van der Waals surface area (Å²) >= 11 is 12.3. The van der Waals surface area contributed by atoms with Crippen molar-refractivity contribution in [3.8, 4) is 11.4 Å². The molecule has 0 aliphatic rings. The van der Waals surface area contributed by atoms with Crippen LogP contribution in [0.15, 0.2) is 47.0 Å². The fourth-order valence-electron chi connectivity index (χ4n) is 2.71. The highest BCUT2D eigenvalue weighted by Gasteiger charge is 2.16. The largest absolute Gasteiger partial charge is 0.337 e. The van der Waals surface area contributed by atoms with Crippen LogP contribution in [0.5, 0.6) is 0 Å². The highest BCUT2D eigenvalue weighted by atomic mass is 35.5. The van der Waals surface area contributed by atoms with Crippen molar-refractivity contribution in [1.82, 2.24) is 15.0 Å². The van der Waals surface area contributed by atoms with Crippen molar-refractivity contribution in [2.24, 2.45) is 0 Å². The van der Waals surface area contributed by atoms with Gasteiger partial charge in [-0.25, -0.2) is 0 Å². The van der Waals surface area contributed by atoms with E-state index < -0.39 is 0 Å². The van der Waals surface area contributed by atoms with E-state index in [0.717, 1.165) is 16.7 Å². The van der Waals surface area contributed by atoms with Crippen LogP contribution in [-0.4, -0.2) is 28.0 Å². The maximum absolute atomic E-state index is 12.4. The number of benzene rings is 2. The summed E-state index contributed by atoms with van der Waals surface area (Å²) in [5.74, 6) is 0.844. The lowest BCUT2D eigenvalue weighted by atomic mass is 10.1. The van der Waals surface area contributed by atoms with E-state index in [1.54, 1.807) is 30.1 Å². The Morgan fingerprint density at radius 2 is 1.85 bits per heavy atom. The second-order valence-corrected chi connectivity index (χ2v) is 7.15. The molecule has 2 aromatic carbocycles. The first-order chi connectivity index (χ1) is 12.9. The van der Waals surface area contributed by atoms with Crippen molar-refractivity contribution >= 4 is 29.1 Å². The Balaban J connectivity index is 1.60. The lowest BCUT2D eigenvalue weighted by Gasteiger charge is -2.15. The summed E-state index contributed by atoms with van der Waals surface area (Å²) in [6.45, 7) is 2.25. The Morgan fingerprint density at radius 3 is 2.56 bits per heavy atom. The summed E-state index contributed by atoms with van der Waals surface area (Å²) in [7, 11) is 1.70. The van der Waals surface area contributed by atoms with Crippen LogP contribution in [0.3, 0.4) is 0 Å². The molecule has 7 heteroatoms. The first-order valence-electron chi connectivity index (χ1n) is 8.50. The van der Waals surface area contributed by atoms with Crippen LogP contribution >= 0.6 is 23.2 Å². The van der Waals surface area contributed by atoms with Crippen LogP contribution in [0.1, 0.15) is 23.4 Å². The van der Waals surface area contributed by atoms with Crippen LogP contribution in [0, 0.1) is 6.92 Å². The number of hydrogen-bond acceptors (Lipinski definition) is 4. The summed E-state index contributed by atoms with van der Waals surface area (Å²) < 4.78 is 5.28. The number of rotatable bonds is 6. The van der Waals surface area contributed by atoms with Crippen LogP contribution in [-0.2, 0) is 17.8 Å². The molecule has 0 spiro atoms. The molecule has 27 heavy (non-hydrogen) atoms. The van der Waals surface area contributed by atoms with Gasteiger partial charge >= 0.3 is 0 Å². The van der Waals surface area contributed by atoms with Gasteiger partial charge in [-0.15, -0.1) is 0 Å². The standard InChI is InChI=1S/C20H19Cl2N3O2/c1-13-5-3-6-14(11-13)20-23-18(27-24-20)12-25(2)19(26)10-9-15-16(21)7-4-8-17(15)22/h3-8,11H,9-10,12H2,1-2H3. The van der Waals surface area contributed by atoms with Crippen molar-refractivity contribution in [1.29, 1.82) is 0 Å². The number of carbonyl (C=O) groups is 1. The predicted octanol–water partition coefficient (Wildman–Crippen LogP) is 4.94. The van der Waals surface area contributed by atoms with Crippen molar-refractivity contribution in [3.05, 3.63) is 69.5 Å². The van der Waals surface area contributed by atoms with E-state index >= 15 is 0 Å². The molecule has 0 atom stereocenters. The number of hydrogen-bond donors (Lipinski definition) is 0. The Kier molecular flexibility index (Phi) is 6.14. The number of nitrogens with zero attached hydrogens (tertiary/aromatic N) is 3. The number of amides is 1. The second kappa shape index (κ2) is 8.55. The molecule has 0 fully saturated rings. The van der Waals surface area contributed by atoms with E-state index in [9.17, 15) is 4.79 Å². The van der Waals surface area contributed by atoms with Gasteiger partial charge in [0.05, 0.1) is 6.54 Å². The van der Waals surface area contributed by atoms with Gasteiger partial charge in [-0.05, 0) is 37.1 Å². The van der Waals surface area contributed by atoms with Gasteiger partial charge in [-0.1, -0.05) is 58.2 Å². The molecular weight excluding hydrogens is 385 g/mol. The molecule has 3 rings (SSSR count). The van der Waals surface area contributed by atoms with E-state index in [1.807, 2.05) is 31.2 Å². The lowest BCUT2D eigenvalue weighted by molar-refractivity contribution is -0.130. The molecule has 1 heterocycles. The molecule has 5 nitrogen and oxygen atoms in total. The van der Waals surface area contributed by atoms with E-state index in [4.69, 9.17) is 27.7 Å². The summed E-state index contributed by atoms with van der Waals surface area (Å²) in [6.07, 6.45) is 0.763. The molecule has 3 aromatic rings. The highest BCUT2D eigenvalue weighted by Crippen LogP contribution is 2.25.